The molecule has 0 spiro atoms. The van der Waals surface area contributed by atoms with E-state index in [0.29, 0.717) is 37.7 Å². The first-order chi connectivity index (χ1) is 21.2. The molecular formula is C31H41BF3N5O5. The molecule has 2 saturated heterocycles. The molecule has 0 bridgehead atoms. The number of nitrogens with one attached hydrogen (secondary N) is 2. The second-order valence-electron chi connectivity index (χ2n) is 12.5. The number of urea groups is 1. The van der Waals surface area contributed by atoms with Crippen molar-refractivity contribution in [3.05, 3.63) is 53.1 Å². The van der Waals surface area contributed by atoms with Crippen molar-refractivity contribution >= 4 is 35.9 Å². The number of aryl methyl sites for hydroxylation is 1. The predicted molar refractivity (Wildman–Crippen MR) is 167 cm³/mol. The van der Waals surface area contributed by atoms with Crippen LogP contribution in [0.25, 0.3) is 0 Å². The summed E-state index contributed by atoms with van der Waals surface area (Å²) in [7, 11) is -0.721. The number of amides is 2. The van der Waals surface area contributed by atoms with E-state index >= 15 is 0 Å². The molecule has 0 aliphatic carbocycles. The zero-order valence-corrected chi connectivity index (χ0v) is 26.2. The molecule has 4 heterocycles. The lowest BCUT2D eigenvalue weighted by Crippen LogP contribution is -2.46. The number of aromatic nitrogens is 1. The van der Waals surface area contributed by atoms with Gasteiger partial charge in [-0.25, -0.2) is 9.78 Å². The number of aliphatic hydroxyl groups excluding tert-OH is 1. The summed E-state index contributed by atoms with van der Waals surface area (Å²) in [5.41, 5.74) is 1.86. The zero-order valence-electron chi connectivity index (χ0n) is 26.2. The van der Waals surface area contributed by atoms with Gasteiger partial charge in [-0.1, -0.05) is 17.7 Å². The Labute approximate surface area is 262 Å². The first-order valence-electron chi connectivity index (χ1n) is 15.2. The van der Waals surface area contributed by atoms with E-state index < -0.39 is 36.9 Å². The van der Waals surface area contributed by atoms with E-state index in [2.05, 4.69) is 21.6 Å². The van der Waals surface area contributed by atoms with Gasteiger partial charge in [-0.2, -0.15) is 13.2 Å². The normalized spacial score (nSPS) is 21.7. The molecule has 1 atom stereocenters. The number of alkyl halides is 3. The second kappa shape index (κ2) is 13.2. The largest absolute Gasteiger partial charge is 0.495 e. The fraction of sp³-hybridized carbons (Fsp3) is 0.548. The number of hydrogen-bond donors (Lipinski definition) is 3. The van der Waals surface area contributed by atoms with Gasteiger partial charge in [0.2, 0.25) is 0 Å². The summed E-state index contributed by atoms with van der Waals surface area (Å²) >= 11 is 0. The summed E-state index contributed by atoms with van der Waals surface area (Å²) in [6.45, 7) is 11.1. The van der Waals surface area contributed by atoms with Gasteiger partial charge in [-0.3, -0.25) is 0 Å². The summed E-state index contributed by atoms with van der Waals surface area (Å²) < 4.78 is 57.1. The standard InChI is InChI=1S/C31H41BF3N5O5/c1-21-5-6-24(37-28(42)40-9-7-22(20-40)19-31(33,34)35)17-25(21)32-44-29(2,3)30(4,45-32)18-23-15-26(36-8-12-41)38-27(16-23)39-10-13-43-14-11-39/h5-7,15-17,41H,8-14,18-20H2,1-4H3,(H,36,38)(H,37,42). The summed E-state index contributed by atoms with van der Waals surface area (Å²) in [5.74, 6) is 1.49. The number of pyridine rings is 1. The highest BCUT2D eigenvalue weighted by molar-refractivity contribution is 6.62. The molecule has 14 heteroatoms. The maximum absolute atomic E-state index is 12.9. The second-order valence-corrected chi connectivity index (χ2v) is 12.5. The van der Waals surface area contributed by atoms with Crippen molar-refractivity contribution in [3.63, 3.8) is 0 Å². The fourth-order valence-electron chi connectivity index (χ4n) is 5.80. The van der Waals surface area contributed by atoms with Crippen molar-refractivity contribution in [1.29, 1.82) is 0 Å². The molecule has 5 rings (SSSR count). The number of benzene rings is 1. The molecule has 3 N–H and O–H groups in total. The summed E-state index contributed by atoms with van der Waals surface area (Å²) in [4.78, 5) is 21.2. The van der Waals surface area contributed by atoms with Gasteiger partial charge in [0.05, 0.1) is 37.4 Å². The van der Waals surface area contributed by atoms with Crippen LogP contribution in [0.3, 0.4) is 0 Å². The summed E-state index contributed by atoms with van der Waals surface area (Å²) in [6.07, 6.45) is -3.36. The van der Waals surface area contributed by atoms with E-state index in [1.807, 2.05) is 39.8 Å². The Morgan fingerprint density at radius 2 is 1.89 bits per heavy atom. The Morgan fingerprint density at radius 3 is 2.60 bits per heavy atom. The Kier molecular flexibility index (Phi) is 9.69. The summed E-state index contributed by atoms with van der Waals surface area (Å²) in [5, 5.41) is 15.4. The van der Waals surface area contributed by atoms with Crippen molar-refractivity contribution in [3.8, 4) is 0 Å². The molecule has 0 radical (unpaired) electrons. The number of nitrogens with zero attached hydrogens (tertiary/aromatic N) is 3. The van der Waals surface area contributed by atoms with E-state index in [-0.39, 0.29) is 25.3 Å². The van der Waals surface area contributed by atoms with E-state index in [4.69, 9.17) is 19.0 Å². The minimum atomic E-state index is -4.31. The predicted octanol–water partition coefficient (Wildman–Crippen LogP) is 3.88. The van der Waals surface area contributed by atoms with Gasteiger partial charge >= 0.3 is 19.3 Å². The van der Waals surface area contributed by atoms with E-state index in [1.165, 1.54) is 11.0 Å². The SMILES string of the molecule is Cc1ccc(NC(=O)N2CC=C(CC(F)(F)F)C2)cc1B1OC(C)(C)C(C)(Cc2cc(NCCO)nc(N3CCOCC3)c2)O1. The van der Waals surface area contributed by atoms with Crippen LogP contribution < -0.4 is 21.0 Å². The highest BCUT2D eigenvalue weighted by Gasteiger charge is 2.55. The van der Waals surface area contributed by atoms with Crippen molar-refractivity contribution in [2.24, 2.45) is 0 Å². The fourth-order valence-corrected chi connectivity index (χ4v) is 5.80. The minimum absolute atomic E-state index is 0.0188. The third-order valence-electron chi connectivity index (χ3n) is 8.70. The molecule has 3 aliphatic heterocycles. The van der Waals surface area contributed by atoms with Crippen LogP contribution in [-0.2, 0) is 20.5 Å². The molecule has 10 nitrogen and oxygen atoms in total. The van der Waals surface area contributed by atoms with Crippen molar-refractivity contribution in [1.82, 2.24) is 9.88 Å². The molecule has 2 fully saturated rings. The number of aliphatic hydroxyl groups is 1. The Bertz CT molecular complexity index is 1420. The molecule has 2 aromatic rings. The Morgan fingerprint density at radius 1 is 1.13 bits per heavy atom. The number of carbonyl (C=O) groups excluding carboxylic acids is 1. The van der Waals surface area contributed by atoms with Crippen LogP contribution in [0.15, 0.2) is 42.0 Å². The Balaban J connectivity index is 1.31. The zero-order chi connectivity index (χ0) is 32.4. The van der Waals surface area contributed by atoms with Gasteiger partial charge in [0.25, 0.3) is 0 Å². The van der Waals surface area contributed by atoms with Gasteiger partial charge in [0, 0.05) is 44.8 Å². The molecule has 45 heavy (non-hydrogen) atoms. The van der Waals surface area contributed by atoms with Crippen LogP contribution in [0, 0.1) is 6.92 Å². The smallest absolute Gasteiger partial charge is 0.399 e. The molecular weight excluding hydrogens is 590 g/mol. The topological polar surface area (TPSA) is 108 Å². The molecule has 3 aliphatic rings. The molecule has 1 aromatic heterocycles. The Hall–Kier alpha value is -3.33. The lowest BCUT2D eigenvalue weighted by atomic mass is 9.76. The van der Waals surface area contributed by atoms with Crippen LogP contribution in [0.4, 0.5) is 35.3 Å². The van der Waals surface area contributed by atoms with Gasteiger partial charge < -0.3 is 39.6 Å². The molecule has 1 unspecified atom stereocenters. The van der Waals surface area contributed by atoms with Crippen LogP contribution in [0.5, 0.6) is 0 Å². The third kappa shape index (κ3) is 7.91. The number of ether oxygens (including phenoxy) is 1. The van der Waals surface area contributed by atoms with Crippen molar-refractivity contribution < 1.29 is 37.1 Å². The number of halogens is 3. The maximum atomic E-state index is 12.9. The highest BCUT2D eigenvalue weighted by Crippen LogP contribution is 2.40. The average molecular weight is 632 g/mol. The van der Waals surface area contributed by atoms with Crippen molar-refractivity contribution in [2.75, 3.05) is 68.1 Å². The first kappa shape index (κ1) is 33.1. The van der Waals surface area contributed by atoms with E-state index in [9.17, 15) is 23.1 Å². The van der Waals surface area contributed by atoms with Gasteiger partial charge in [0.1, 0.15) is 11.6 Å². The van der Waals surface area contributed by atoms with Gasteiger partial charge in [-0.05, 0) is 68.6 Å². The lowest BCUT2D eigenvalue weighted by molar-refractivity contribution is -0.127. The molecule has 0 saturated carbocycles. The van der Waals surface area contributed by atoms with Gasteiger partial charge in [0.15, 0.2) is 0 Å². The number of hydrogen-bond acceptors (Lipinski definition) is 8. The first-order valence-corrected chi connectivity index (χ1v) is 15.2. The monoisotopic (exact) mass is 631 g/mol. The van der Waals surface area contributed by atoms with Crippen molar-refractivity contribution in [2.45, 2.75) is 57.9 Å². The third-order valence-corrected chi connectivity index (χ3v) is 8.70. The summed E-state index contributed by atoms with van der Waals surface area (Å²) in [6, 6.07) is 8.94. The van der Waals surface area contributed by atoms with Crippen LogP contribution >= 0.6 is 0 Å². The average Bonchev–Trinajstić information content (AvgIpc) is 3.53. The highest BCUT2D eigenvalue weighted by atomic mass is 19.4. The van der Waals surface area contributed by atoms with Crippen LogP contribution in [-0.4, -0.2) is 98.1 Å². The minimum Gasteiger partial charge on any atom is -0.399 e. The van der Waals surface area contributed by atoms with Crippen LogP contribution in [0.2, 0.25) is 0 Å². The van der Waals surface area contributed by atoms with E-state index in [1.54, 1.807) is 12.1 Å². The lowest BCUT2D eigenvalue weighted by Gasteiger charge is -2.37. The maximum Gasteiger partial charge on any atom is 0.495 e. The number of rotatable bonds is 9. The molecule has 1 aromatic carbocycles. The van der Waals surface area contributed by atoms with Crippen LogP contribution in [0.1, 0.15) is 38.3 Å². The molecule has 2 amide bonds. The quantitative estimate of drug-likeness (QED) is 0.283. The number of anilines is 3. The van der Waals surface area contributed by atoms with Gasteiger partial charge in [-0.15, -0.1) is 0 Å². The molecule has 244 valence electrons. The number of morpholine rings is 1. The number of carbonyl (C=O) groups is 1. The van der Waals surface area contributed by atoms with E-state index in [0.717, 1.165) is 35.5 Å².